The number of carbonyl (C=O) groups is 2. The third-order valence-electron chi connectivity index (χ3n) is 3.01. The first-order valence-electron chi connectivity index (χ1n) is 6.13. The molecule has 3 amide bonds. The van der Waals surface area contributed by atoms with E-state index in [9.17, 15) is 9.59 Å². The molecule has 1 saturated heterocycles. The van der Waals surface area contributed by atoms with E-state index in [0.717, 1.165) is 12.8 Å². The van der Waals surface area contributed by atoms with Gasteiger partial charge in [0.2, 0.25) is 0 Å². The van der Waals surface area contributed by atoms with E-state index in [2.05, 4.69) is 21.9 Å². The molecule has 18 heavy (non-hydrogen) atoms. The molecular weight excluding hydrogens is 234 g/mol. The Labute approximate surface area is 107 Å². The molecule has 0 aromatic heterocycles. The van der Waals surface area contributed by atoms with E-state index in [0.29, 0.717) is 32.1 Å². The van der Waals surface area contributed by atoms with Crippen molar-refractivity contribution < 1.29 is 14.3 Å². The molecule has 0 radical (unpaired) electrons. The Morgan fingerprint density at radius 1 is 1.39 bits per heavy atom. The molecule has 102 valence electrons. The molecule has 6 heteroatoms. The molecule has 1 aliphatic heterocycles. The zero-order valence-corrected chi connectivity index (χ0v) is 10.8. The normalized spacial score (nSPS) is 15.9. The van der Waals surface area contributed by atoms with Crippen LogP contribution in [0.5, 0.6) is 0 Å². The van der Waals surface area contributed by atoms with Gasteiger partial charge in [0.15, 0.2) is 0 Å². The van der Waals surface area contributed by atoms with Gasteiger partial charge >= 0.3 is 12.1 Å². The van der Waals surface area contributed by atoms with Crippen LogP contribution in [0.4, 0.5) is 9.59 Å². The van der Waals surface area contributed by atoms with E-state index in [1.54, 1.807) is 11.0 Å². The topological polar surface area (TPSA) is 70.7 Å². The molecule has 0 saturated carbocycles. The summed E-state index contributed by atoms with van der Waals surface area (Å²) in [6, 6.07) is -0.176. The zero-order chi connectivity index (χ0) is 13.4. The molecule has 0 unspecified atom stereocenters. The Hall–Kier alpha value is -1.72. The van der Waals surface area contributed by atoms with Crippen LogP contribution in [0.1, 0.15) is 12.8 Å². The summed E-state index contributed by atoms with van der Waals surface area (Å²) in [5.74, 6) is 0.417. The highest BCUT2D eigenvalue weighted by molar-refractivity contribution is 5.73. The summed E-state index contributed by atoms with van der Waals surface area (Å²) in [7, 11) is 1.39. The first-order valence-corrected chi connectivity index (χ1v) is 6.13. The second kappa shape index (κ2) is 7.58. The molecule has 1 rings (SSSR count). The largest absolute Gasteiger partial charge is 0.453 e. The van der Waals surface area contributed by atoms with Crippen molar-refractivity contribution in [2.24, 2.45) is 5.92 Å². The number of likely N-dealkylation sites (tertiary alicyclic amines) is 1. The highest BCUT2D eigenvalue weighted by Crippen LogP contribution is 2.16. The minimum absolute atomic E-state index is 0.176. The maximum Gasteiger partial charge on any atom is 0.409 e. The van der Waals surface area contributed by atoms with Crippen LogP contribution in [0.15, 0.2) is 12.7 Å². The molecule has 1 heterocycles. The standard InChI is InChI=1S/C12H21N3O3/c1-3-6-13-11(16)14-9-10-4-7-15(8-5-10)12(17)18-2/h3,10H,1,4-9H2,2H3,(H2,13,14,16). The SMILES string of the molecule is C=CCNC(=O)NCC1CCN(C(=O)OC)CC1. The van der Waals surface area contributed by atoms with Crippen molar-refractivity contribution >= 4 is 12.1 Å². The van der Waals surface area contributed by atoms with Gasteiger partial charge in [-0.2, -0.15) is 0 Å². The van der Waals surface area contributed by atoms with E-state index >= 15 is 0 Å². The monoisotopic (exact) mass is 255 g/mol. The maximum atomic E-state index is 11.3. The lowest BCUT2D eigenvalue weighted by molar-refractivity contribution is 0.106. The summed E-state index contributed by atoms with van der Waals surface area (Å²) in [6.07, 6.45) is 3.13. The number of piperidine rings is 1. The van der Waals surface area contributed by atoms with Gasteiger partial charge in [-0.1, -0.05) is 6.08 Å². The van der Waals surface area contributed by atoms with Crippen molar-refractivity contribution in [3.63, 3.8) is 0 Å². The maximum absolute atomic E-state index is 11.3. The van der Waals surface area contributed by atoms with Crippen molar-refractivity contribution in [3.05, 3.63) is 12.7 Å². The Bertz CT molecular complexity index is 299. The van der Waals surface area contributed by atoms with Gasteiger partial charge in [-0.25, -0.2) is 9.59 Å². The van der Waals surface area contributed by atoms with Crippen molar-refractivity contribution in [3.8, 4) is 0 Å². The van der Waals surface area contributed by atoms with Crippen LogP contribution in [0.3, 0.4) is 0 Å². The third kappa shape index (κ3) is 4.65. The van der Waals surface area contributed by atoms with Gasteiger partial charge in [0.05, 0.1) is 7.11 Å². The highest BCUT2D eigenvalue weighted by Gasteiger charge is 2.23. The fourth-order valence-electron chi connectivity index (χ4n) is 1.91. The van der Waals surface area contributed by atoms with E-state index in [-0.39, 0.29) is 12.1 Å². The van der Waals surface area contributed by atoms with Crippen molar-refractivity contribution in [1.29, 1.82) is 0 Å². The molecule has 6 nitrogen and oxygen atoms in total. The van der Waals surface area contributed by atoms with Crippen LogP contribution in [-0.2, 0) is 4.74 Å². The van der Waals surface area contributed by atoms with Gasteiger partial charge in [-0.05, 0) is 18.8 Å². The Balaban J connectivity index is 2.17. The summed E-state index contributed by atoms with van der Waals surface area (Å²) in [5, 5.41) is 5.47. The molecule has 0 aromatic rings. The van der Waals surface area contributed by atoms with Crippen LogP contribution < -0.4 is 10.6 Å². The molecule has 1 fully saturated rings. The van der Waals surface area contributed by atoms with E-state index in [1.165, 1.54) is 7.11 Å². The lowest BCUT2D eigenvalue weighted by atomic mass is 9.97. The number of nitrogens with one attached hydrogen (secondary N) is 2. The smallest absolute Gasteiger partial charge is 0.409 e. The van der Waals surface area contributed by atoms with Gasteiger partial charge in [0.1, 0.15) is 0 Å². The van der Waals surface area contributed by atoms with Crippen molar-refractivity contribution in [2.75, 3.05) is 33.3 Å². The first kappa shape index (κ1) is 14.3. The molecular formula is C12H21N3O3. The number of nitrogens with zero attached hydrogens (tertiary/aromatic N) is 1. The molecule has 0 aliphatic carbocycles. The minimum Gasteiger partial charge on any atom is -0.453 e. The van der Waals surface area contributed by atoms with Crippen LogP contribution in [-0.4, -0.2) is 50.3 Å². The summed E-state index contributed by atoms with van der Waals surface area (Å²) in [4.78, 5) is 24.3. The fraction of sp³-hybridized carbons (Fsp3) is 0.667. The quantitative estimate of drug-likeness (QED) is 0.735. The minimum atomic E-state index is -0.273. The number of methoxy groups -OCH3 is 1. The van der Waals surface area contributed by atoms with Gasteiger partial charge < -0.3 is 20.3 Å². The molecule has 0 aromatic carbocycles. The second-order valence-corrected chi connectivity index (χ2v) is 4.28. The Morgan fingerprint density at radius 2 is 2.06 bits per heavy atom. The Kier molecular flexibility index (Phi) is 6.04. The highest BCUT2D eigenvalue weighted by atomic mass is 16.5. The van der Waals surface area contributed by atoms with Crippen LogP contribution in [0.25, 0.3) is 0 Å². The van der Waals surface area contributed by atoms with Gasteiger partial charge in [-0.3, -0.25) is 0 Å². The summed E-state index contributed by atoms with van der Waals surface area (Å²) in [5.41, 5.74) is 0. The molecule has 0 bridgehead atoms. The lowest BCUT2D eigenvalue weighted by Gasteiger charge is -2.30. The molecule has 0 spiro atoms. The Morgan fingerprint density at radius 3 is 2.61 bits per heavy atom. The fourth-order valence-corrected chi connectivity index (χ4v) is 1.91. The number of carbonyl (C=O) groups excluding carboxylic acids is 2. The predicted molar refractivity (Wildman–Crippen MR) is 68.3 cm³/mol. The number of ether oxygens (including phenoxy) is 1. The second-order valence-electron chi connectivity index (χ2n) is 4.28. The zero-order valence-electron chi connectivity index (χ0n) is 10.8. The summed E-state index contributed by atoms with van der Waals surface area (Å²) < 4.78 is 4.67. The summed E-state index contributed by atoms with van der Waals surface area (Å²) in [6.45, 7) is 6.00. The van der Waals surface area contributed by atoms with Crippen LogP contribution >= 0.6 is 0 Å². The van der Waals surface area contributed by atoms with Crippen LogP contribution in [0, 0.1) is 5.92 Å². The number of amides is 3. The molecule has 1 aliphatic rings. The van der Waals surface area contributed by atoms with Gasteiger partial charge in [0.25, 0.3) is 0 Å². The number of rotatable bonds is 4. The number of urea groups is 1. The predicted octanol–water partition coefficient (Wildman–Crippen LogP) is 0.950. The molecule has 0 atom stereocenters. The third-order valence-corrected chi connectivity index (χ3v) is 3.01. The summed E-state index contributed by atoms with van der Waals surface area (Å²) >= 11 is 0. The number of hydrogen-bond donors (Lipinski definition) is 2. The lowest BCUT2D eigenvalue weighted by Crippen LogP contribution is -2.43. The van der Waals surface area contributed by atoms with E-state index in [4.69, 9.17) is 0 Å². The number of hydrogen-bond acceptors (Lipinski definition) is 3. The van der Waals surface area contributed by atoms with Gasteiger partial charge in [0, 0.05) is 26.2 Å². The van der Waals surface area contributed by atoms with Gasteiger partial charge in [-0.15, -0.1) is 6.58 Å². The van der Waals surface area contributed by atoms with Crippen molar-refractivity contribution in [2.45, 2.75) is 12.8 Å². The van der Waals surface area contributed by atoms with Crippen molar-refractivity contribution in [1.82, 2.24) is 15.5 Å². The molecule has 2 N–H and O–H groups in total. The van der Waals surface area contributed by atoms with E-state index in [1.807, 2.05) is 0 Å². The first-order chi connectivity index (χ1) is 8.67. The average Bonchev–Trinajstić information content (AvgIpc) is 2.42. The van der Waals surface area contributed by atoms with Crippen LogP contribution in [0.2, 0.25) is 0 Å². The average molecular weight is 255 g/mol. The van der Waals surface area contributed by atoms with E-state index < -0.39 is 0 Å².